The van der Waals surface area contributed by atoms with E-state index in [0.717, 1.165) is 24.5 Å². The number of fused-ring (bicyclic) bond motifs is 1. The first-order valence-corrected chi connectivity index (χ1v) is 4.68. The monoisotopic (exact) mass is 196 g/mol. The van der Waals surface area contributed by atoms with Crippen molar-refractivity contribution in [2.45, 2.75) is 0 Å². The maximum absolute atomic E-state index is 13.0. The molecule has 0 saturated carbocycles. The second-order valence-electron chi connectivity index (χ2n) is 3.24. The average Bonchev–Trinajstić information content (AvgIpc) is 2.19. The van der Waals surface area contributed by atoms with Crippen LogP contribution in [0.4, 0.5) is 10.1 Å². The van der Waals surface area contributed by atoms with Gasteiger partial charge in [0.25, 0.3) is 0 Å². The number of halogens is 1. The van der Waals surface area contributed by atoms with Gasteiger partial charge in [-0.05, 0) is 12.1 Å². The Bertz CT molecular complexity index is 330. The molecule has 4 heteroatoms. The van der Waals surface area contributed by atoms with E-state index < -0.39 is 0 Å². The molecule has 0 atom stereocenters. The fourth-order valence-electron chi connectivity index (χ4n) is 1.63. The smallest absolute Gasteiger partial charge is 0.142 e. The summed E-state index contributed by atoms with van der Waals surface area (Å²) in [6.07, 6.45) is 0. The standard InChI is InChI=1S/C10H13FN2O/c11-8-1-2-10-9(7-8)13(4-3-12)5-6-14-10/h1-2,7H,3-6,12H2. The number of rotatable bonds is 2. The Morgan fingerprint density at radius 2 is 2.36 bits per heavy atom. The summed E-state index contributed by atoms with van der Waals surface area (Å²) in [7, 11) is 0. The second-order valence-corrected chi connectivity index (χ2v) is 3.24. The van der Waals surface area contributed by atoms with Crippen molar-refractivity contribution in [3.63, 3.8) is 0 Å². The molecule has 0 saturated heterocycles. The lowest BCUT2D eigenvalue weighted by Gasteiger charge is -2.30. The zero-order valence-electron chi connectivity index (χ0n) is 7.87. The minimum Gasteiger partial charge on any atom is -0.490 e. The van der Waals surface area contributed by atoms with Gasteiger partial charge in [-0.25, -0.2) is 4.39 Å². The molecule has 0 aromatic heterocycles. The first-order valence-electron chi connectivity index (χ1n) is 4.68. The van der Waals surface area contributed by atoms with E-state index >= 15 is 0 Å². The van der Waals surface area contributed by atoms with Crippen molar-refractivity contribution in [2.24, 2.45) is 5.73 Å². The van der Waals surface area contributed by atoms with Crippen LogP contribution >= 0.6 is 0 Å². The molecular weight excluding hydrogens is 183 g/mol. The van der Waals surface area contributed by atoms with Crippen molar-refractivity contribution in [3.8, 4) is 5.75 Å². The van der Waals surface area contributed by atoms with E-state index in [2.05, 4.69) is 0 Å². The van der Waals surface area contributed by atoms with Crippen LogP contribution in [0, 0.1) is 5.82 Å². The zero-order valence-corrected chi connectivity index (χ0v) is 7.87. The molecule has 14 heavy (non-hydrogen) atoms. The summed E-state index contributed by atoms with van der Waals surface area (Å²) in [4.78, 5) is 2.04. The Hall–Kier alpha value is -1.29. The maximum atomic E-state index is 13.0. The molecule has 1 heterocycles. The quantitative estimate of drug-likeness (QED) is 0.766. The van der Waals surface area contributed by atoms with Crippen LogP contribution < -0.4 is 15.4 Å². The summed E-state index contributed by atoms with van der Waals surface area (Å²) in [6, 6.07) is 4.56. The van der Waals surface area contributed by atoms with E-state index in [1.54, 1.807) is 6.07 Å². The SMILES string of the molecule is NCCN1CCOc2ccc(F)cc21. The third-order valence-electron chi connectivity index (χ3n) is 2.28. The highest BCUT2D eigenvalue weighted by molar-refractivity contribution is 5.60. The van der Waals surface area contributed by atoms with Gasteiger partial charge in [-0.3, -0.25) is 0 Å². The summed E-state index contributed by atoms with van der Waals surface area (Å²) in [5.41, 5.74) is 6.29. The van der Waals surface area contributed by atoms with E-state index in [0.29, 0.717) is 13.2 Å². The van der Waals surface area contributed by atoms with Gasteiger partial charge in [0.05, 0.1) is 12.2 Å². The maximum Gasteiger partial charge on any atom is 0.142 e. The van der Waals surface area contributed by atoms with Gasteiger partial charge in [-0.1, -0.05) is 0 Å². The highest BCUT2D eigenvalue weighted by Gasteiger charge is 2.17. The summed E-state index contributed by atoms with van der Waals surface area (Å²) < 4.78 is 18.4. The van der Waals surface area contributed by atoms with Crippen LogP contribution in [0.1, 0.15) is 0 Å². The molecule has 1 aliphatic rings. The molecule has 76 valence electrons. The van der Waals surface area contributed by atoms with Gasteiger partial charge in [-0.2, -0.15) is 0 Å². The second kappa shape index (κ2) is 3.84. The molecular formula is C10H13FN2O. The summed E-state index contributed by atoms with van der Waals surface area (Å²) in [5, 5.41) is 0. The lowest BCUT2D eigenvalue weighted by atomic mass is 10.2. The predicted octanol–water partition coefficient (Wildman–Crippen LogP) is 0.983. The number of nitrogens with zero attached hydrogens (tertiary/aromatic N) is 1. The van der Waals surface area contributed by atoms with E-state index in [1.165, 1.54) is 12.1 Å². The molecule has 2 N–H and O–H groups in total. The Morgan fingerprint density at radius 3 is 3.14 bits per heavy atom. The number of hydrogen-bond acceptors (Lipinski definition) is 3. The van der Waals surface area contributed by atoms with Crippen LogP contribution in [-0.2, 0) is 0 Å². The summed E-state index contributed by atoms with van der Waals surface area (Å²) in [6.45, 7) is 2.71. The number of hydrogen-bond donors (Lipinski definition) is 1. The molecule has 0 spiro atoms. The normalized spacial score (nSPS) is 14.9. The summed E-state index contributed by atoms with van der Waals surface area (Å²) in [5.74, 6) is 0.502. The van der Waals surface area contributed by atoms with Gasteiger partial charge in [0.2, 0.25) is 0 Å². The van der Waals surface area contributed by atoms with Gasteiger partial charge in [-0.15, -0.1) is 0 Å². The Kier molecular flexibility index (Phi) is 2.54. The van der Waals surface area contributed by atoms with E-state index in [4.69, 9.17) is 10.5 Å². The average molecular weight is 196 g/mol. The lowest BCUT2D eigenvalue weighted by molar-refractivity contribution is 0.307. The fraction of sp³-hybridized carbons (Fsp3) is 0.400. The predicted molar refractivity (Wildman–Crippen MR) is 53.2 cm³/mol. The Morgan fingerprint density at radius 1 is 1.50 bits per heavy atom. The topological polar surface area (TPSA) is 38.5 Å². The van der Waals surface area contributed by atoms with Crippen LogP contribution in [0.15, 0.2) is 18.2 Å². The highest BCUT2D eigenvalue weighted by atomic mass is 19.1. The molecule has 0 amide bonds. The first kappa shape index (κ1) is 9.27. The summed E-state index contributed by atoms with van der Waals surface area (Å²) >= 11 is 0. The van der Waals surface area contributed by atoms with Crippen LogP contribution in [0.2, 0.25) is 0 Å². The van der Waals surface area contributed by atoms with E-state index in [-0.39, 0.29) is 5.82 Å². The number of anilines is 1. The molecule has 0 fully saturated rings. The molecule has 0 radical (unpaired) electrons. The third-order valence-corrected chi connectivity index (χ3v) is 2.28. The van der Waals surface area contributed by atoms with Gasteiger partial charge >= 0.3 is 0 Å². The van der Waals surface area contributed by atoms with Crippen molar-refractivity contribution in [1.29, 1.82) is 0 Å². The van der Waals surface area contributed by atoms with Crippen molar-refractivity contribution < 1.29 is 9.13 Å². The van der Waals surface area contributed by atoms with Crippen LogP contribution in [0.25, 0.3) is 0 Å². The lowest BCUT2D eigenvalue weighted by Crippen LogP contribution is -2.36. The van der Waals surface area contributed by atoms with Crippen molar-refractivity contribution in [2.75, 3.05) is 31.1 Å². The Labute approximate surface area is 82.3 Å². The fourth-order valence-corrected chi connectivity index (χ4v) is 1.63. The zero-order chi connectivity index (χ0) is 9.97. The molecule has 0 bridgehead atoms. The van der Waals surface area contributed by atoms with Crippen molar-refractivity contribution in [3.05, 3.63) is 24.0 Å². The Balaban J connectivity index is 2.32. The number of nitrogens with two attached hydrogens (primary N) is 1. The van der Waals surface area contributed by atoms with E-state index in [1.807, 2.05) is 4.90 Å². The van der Waals surface area contributed by atoms with Crippen LogP contribution in [-0.4, -0.2) is 26.2 Å². The molecule has 1 aromatic rings. The van der Waals surface area contributed by atoms with Crippen molar-refractivity contribution in [1.82, 2.24) is 0 Å². The molecule has 1 aliphatic heterocycles. The van der Waals surface area contributed by atoms with Gasteiger partial charge in [0.1, 0.15) is 18.2 Å². The minimum absolute atomic E-state index is 0.240. The first-order chi connectivity index (χ1) is 6.81. The molecule has 2 rings (SSSR count). The molecule has 0 unspecified atom stereocenters. The van der Waals surface area contributed by atoms with Crippen LogP contribution in [0.5, 0.6) is 5.75 Å². The van der Waals surface area contributed by atoms with Crippen LogP contribution in [0.3, 0.4) is 0 Å². The van der Waals surface area contributed by atoms with Crippen molar-refractivity contribution >= 4 is 5.69 Å². The number of ether oxygens (including phenoxy) is 1. The highest BCUT2D eigenvalue weighted by Crippen LogP contribution is 2.31. The minimum atomic E-state index is -0.240. The van der Waals surface area contributed by atoms with Gasteiger partial charge in [0.15, 0.2) is 0 Å². The molecule has 3 nitrogen and oxygen atoms in total. The van der Waals surface area contributed by atoms with E-state index in [9.17, 15) is 4.39 Å². The third kappa shape index (κ3) is 1.65. The number of benzene rings is 1. The largest absolute Gasteiger partial charge is 0.490 e. The van der Waals surface area contributed by atoms with Gasteiger partial charge in [0, 0.05) is 19.2 Å². The van der Waals surface area contributed by atoms with Gasteiger partial charge < -0.3 is 15.4 Å². The molecule has 1 aromatic carbocycles. The molecule has 0 aliphatic carbocycles.